The molecule has 0 spiro atoms. The van der Waals surface area contributed by atoms with E-state index in [0.29, 0.717) is 21.2 Å². The monoisotopic (exact) mass is 292 g/mol. The molecule has 0 fully saturated rings. The first-order chi connectivity index (χ1) is 7.13. The summed E-state index contributed by atoms with van der Waals surface area (Å²) < 4.78 is 32.7. The van der Waals surface area contributed by atoms with E-state index in [-0.39, 0.29) is 0 Å². The summed E-state index contributed by atoms with van der Waals surface area (Å²) in [6, 6.07) is 2.76. The van der Waals surface area contributed by atoms with Crippen LogP contribution < -0.4 is 0 Å². The fourth-order valence-corrected chi connectivity index (χ4v) is 3.05. The molecule has 0 aliphatic rings. The van der Waals surface area contributed by atoms with E-state index in [9.17, 15) is 8.78 Å². The Morgan fingerprint density at radius 1 is 1.40 bits per heavy atom. The lowest BCUT2D eigenvalue weighted by Crippen LogP contribution is -1.84. The lowest BCUT2D eigenvalue weighted by atomic mass is 10.2. The molecule has 0 N–H and O–H groups in total. The van der Waals surface area contributed by atoms with Crippen LogP contribution in [-0.4, -0.2) is 7.11 Å². The van der Waals surface area contributed by atoms with Gasteiger partial charge in [-0.05, 0) is 28.1 Å². The Hall–Kier alpha value is -0.520. The van der Waals surface area contributed by atoms with Crippen molar-refractivity contribution in [2.45, 2.75) is 6.61 Å². The van der Waals surface area contributed by atoms with Crippen molar-refractivity contribution in [1.29, 1.82) is 0 Å². The van der Waals surface area contributed by atoms with E-state index in [1.165, 1.54) is 11.3 Å². The minimum Gasteiger partial charge on any atom is -0.379 e. The molecule has 2 aromatic rings. The number of methoxy groups -OCH3 is 1. The van der Waals surface area contributed by atoms with Gasteiger partial charge in [0.15, 0.2) is 11.6 Å². The topological polar surface area (TPSA) is 9.23 Å². The second-order valence-electron chi connectivity index (χ2n) is 3.04. The highest BCUT2D eigenvalue weighted by Gasteiger charge is 2.14. The molecule has 0 aliphatic carbocycles. The molecule has 1 heterocycles. The quantitative estimate of drug-likeness (QED) is 0.758. The van der Waals surface area contributed by atoms with E-state index in [4.69, 9.17) is 4.74 Å². The van der Waals surface area contributed by atoms with Crippen molar-refractivity contribution < 1.29 is 13.5 Å². The molecule has 1 aromatic carbocycles. The molecule has 0 bridgehead atoms. The lowest BCUT2D eigenvalue weighted by molar-refractivity contribution is 0.187. The molecule has 0 saturated carbocycles. The lowest BCUT2D eigenvalue weighted by Gasteiger charge is -1.96. The molecule has 0 unspecified atom stereocenters. The normalized spacial score (nSPS) is 11.2. The van der Waals surface area contributed by atoms with Crippen LogP contribution in [0.4, 0.5) is 8.78 Å². The number of benzene rings is 1. The highest BCUT2D eigenvalue weighted by Crippen LogP contribution is 2.35. The van der Waals surface area contributed by atoms with Crippen molar-refractivity contribution in [3.05, 3.63) is 33.1 Å². The molecule has 0 aliphatic heterocycles. The first kappa shape index (κ1) is 11.0. The van der Waals surface area contributed by atoms with Crippen LogP contribution in [0.15, 0.2) is 16.6 Å². The Morgan fingerprint density at radius 3 is 2.80 bits per heavy atom. The van der Waals surface area contributed by atoms with E-state index in [0.717, 1.165) is 10.9 Å². The number of hydrogen-bond donors (Lipinski definition) is 0. The Labute approximate surface area is 97.8 Å². The summed E-state index contributed by atoms with van der Waals surface area (Å²) in [6.07, 6.45) is 0. The third-order valence-electron chi connectivity index (χ3n) is 1.99. The van der Waals surface area contributed by atoms with E-state index >= 15 is 0 Å². The zero-order chi connectivity index (χ0) is 11.0. The van der Waals surface area contributed by atoms with Crippen molar-refractivity contribution >= 4 is 37.4 Å². The first-order valence-corrected chi connectivity index (χ1v) is 5.79. The molecule has 5 heteroatoms. The minimum absolute atomic E-state index is 0.305. The van der Waals surface area contributed by atoms with Crippen LogP contribution in [-0.2, 0) is 11.3 Å². The zero-order valence-corrected chi connectivity index (χ0v) is 10.2. The molecular weight excluding hydrogens is 286 g/mol. The van der Waals surface area contributed by atoms with Gasteiger partial charge in [0.1, 0.15) is 0 Å². The summed E-state index contributed by atoms with van der Waals surface area (Å²) in [5.74, 6) is -1.64. The van der Waals surface area contributed by atoms with E-state index in [1.54, 1.807) is 13.2 Å². The summed E-state index contributed by atoms with van der Waals surface area (Å²) in [5, 5.41) is 0.305. The fraction of sp³-hybridized carbons (Fsp3) is 0.200. The summed E-state index contributed by atoms with van der Waals surface area (Å²) in [4.78, 5) is 0.873. The van der Waals surface area contributed by atoms with Crippen LogP contribution in [0.1, 0.15) is 4.88 Å². The SMILES string of the molecule is COCc1cc2c(F)c(F)cc(Br)c2s1. The molecule has 0 saturated heterocycles. The second-order valence-corrected chi connectivity index (χ2v) is 5.03. The molecule has 0 amide bonds. The maximum Gasteiger partial charge on any atom is 0.167 e. The number of rotatable bonds is 2. The Morgan fingerprint density at radius 2 is 2.13 bits per heavy atom. The largest absolute Gasteiger partial charge is 0.379 e. The van der Waals surface area contributed by atoms with Gasteiger partial charge in [0.05, 0.1) is 11.3 Å². The smallest absolute Gasteiger partial charge is 0.167 e. The maximum absolute atomic E-state index is 13.4. The molecule has 0 radical (unpaired) electrons. The second kappa shape index (κ2) is 4.15. The van der Waals surface area contributed by atoms with Gasteiger partial charge in [0.25, 0.3) is 0 Å². The molecule has 1 nitrogen and oxygen atoms in total. The molecule has 15 heavy (non-hydrogen) atoms. The van der Waals surface area contributed by atoms with Gasteiger partial charge in [0, 0.05) is 21.8 Å². The van der Waals surface area contributed by atoms with Crippen molar-refractivity contribution in [3.8, 4) is 0 Å². The number of halogens is 3. The van der Waals surface area contributed by atoms with E-state index < -0.39 is 11.6 Å². The Balaban J connectivity index is 2.68. The number of thiophene rings is 1. The van der Waals surface area contributed by atoms with Crippen molar-refractivity contribution in [1.82, 2.24) is 0 Å². The Bertz CT molecular complexity index is 510. The average molecular weight is 293 g/mol. The van der Waals surface area contributed by atoms with E-state index in [2.05, 4.69) is 15.9 Å². The number of hydrogen-bond acceptors (Lipinski definition) is 2. The van der Waals surface area contributed by atoms with Crippen molar-refractivity contribution in [2.24, 2.45) is 0 Å². The predicted molar refractivity (Wildman–Crippen MR) is 60.2 cm³/mol. The number of ether oxygens (including phenoxy) is 1. The summed E-state index contributed by atoms with van der Waals surface area (Å²) in [6.45, 7) is 0.410. The van der Waals surface area contributed by atoms with Gasteiger partial charge in [-0.2, -0.15) is 0 Å². The molecular formula is C10H7BrF2OS. The van der Waals surface area contributed by atoms with Gasteiger partial charge in [-0.25, -0.2) is 8.78 Å². The van der Waals surface area contributed by atoms with Crippen LogP contribution in [0, 0.1) is 11.6 Å². The molecule has 0 atom stereocenters. The number of fused-ring (bicyclic) bond motifs is 1. The fourth-order valence-electron chi connectivity index (χ4n) is 1.36. The summed E-state index contributed by atoms with van der Waals surface area (Å²) in [7, 11) is 1.57. The average Bonchev–Trinajstić information content (AvgIpc) is 2.60. The van der Waals surface area contributed by atoms with Crippen molar-refractivity contribution in [3.63, 3.8) is 0 Å². The molecule has 1 aromatic heterocycles. The van der Waals surface area contributed by atoms with Crippen LogP contribution in [0.5, 0.6) is 0 Å². The van der Waals surface area contributed by atoms with Crippen LogP contribution in [0.25, 0.3) is 10.1 Å². The van der Waals surface area contributed by atoms with Crippen LogP contribution >= 0.6 is 27.3 Å². The molecule has 2 rings (SSSR count). The third kappa shape index (κ3) is 1.91. The standard InChI is InChI=1S/C10H7BrF2OS/c1-14-4-5-2-6-9(13)8(12)3-7(11)10(6)15-5/h2-3H,4H2,1H3. The summed E-state index contributed by atoms with van der Waals surface area (Å²) >= 11 is 4.60. The highest BCUT2D eigenvalue weighted by molar-refractivity contribution is 9.10. The predicted octanol–water partition coefficient (Wildman–Crippen LogP) is 4.09. The molecule has 80 valence electrons. The van der Waals surface area contributed by atoms with Gasteiger partial charge in [-0.1, -0.05) is 0 Å². The van der Waals surface area contributed by atoms with Crippen LogP contribution in [0.3, 0.4) is 0 Å². The van der Waals surface area contributed by atoms with Gasteiger partial charge in [-0.15, -0.1) is 11.3 Å². The summed E-state index contributed by atoms with van der Waals surface area (Å²) in [5.41, 5.74) is 0. The van der Waals surface area contributed by atoms with Gasteiger partial charge >= 0.3 is 0 Å². The first-order valence-electron chi connectivity index (χ1n) is 4.18. The third-order valence-corrected chi connectivity index (χ3v) is 4.02. The zero-order valence-electron chi connectivity index (χ0n) is 7.81. The van der Waals surface area contributed by atoms with Crippen molar-refractivity contribution in [2.75, 3.05) is 7.11 Å². The van der Waals surface area contributed by atoms with Gasteiger partial charge < -0.3 is 4.74 Å². The van der Waals surface area contributed by atoms with Gasteiger partial charge in [-0.3, -0.25) is 0 Å². The van der Waals surface area contributed by atoms with Crippen LogP contribution in [0.2, 0.25) is 0 Å². The van der Waals surface area contributed by atoms with E-state index in [1.807, 2.05) is 0 Å². The highest BCUT2D eigenvalue weighted by atomic mass is 79.9. The Kier molecular flexibility index (Phi) is 3.04. The maximum atomic E-state index is 13.4. The van der Waals surface area contributed by atoms with Gasteiger partial charge in [0.2, 0.25) is 0 Å². The minimum atomic E-state index is -0.837.